The summed E-state index contributed by atoms with van der Waals surface area (Å²) in [5.41, 5.74) is 5.88. The fraction of sp³-hybridized carbons (Fsp3) is 0.455. The average Bonchev–Trinajstić information content (AvgIpc) is 2.20. The summed E-state index contributed by atoms with van der Waals surface area (Å²) < 4.78 is 31.5. The van der Waals surface area contributed by atoms with Crippen molar-refractivity contribution in [3.05, 3.63) is 34.9 Å². The topological polar surface area (TPSA) is 35.2 Å². The molecule has 0 atom stereocenters. The van der Waals surface area contributed by atoms with Gasteiger partial charge in [-0.15, -0.1) is 0 Å². The highest BCUT2D eigenvalue weighted by molar-refractivity contribution is 5.25. The maximum Gasteiger partial charge on any atom is 0.126 e. The Labute approximate surface area is 88.0 Å². The van der Waals surface area contributed by atoms with Crippen LogP contribution < -0.4 is 5.73 Å². The first kappa shape index (κ1) is 12.1. The highest BCUT2D eigenvalue weighted by Gasteiger charge is 2.06. The van der Waals surface area contributed by atoms with Gasteiger partial charge in [-0.25, -0.2) is 8.78 Å². The lowest BCUT2D eigenvalue weighted by atomic mass is 10.1. The number of benzene rings is 1. The number of halogens is 2. The second-order valence-electron chi connectivity index (χ2n) is 3.34. The van der Waals surface area contributed by atoms with Gasteiger partial charge in [0, 0.05) is 6.54 Å². The largest absolute Gasteiger partial charge is 0.380 e. The third-order valence-electron chi connectivity index (χ3n) is 2.11. The first-order chi connectivity index (χ1) is 7.15. The molecule has 0 unspecified atom stereocenters. The fourth-order valence-corrected chi connectivity index (χ4v) is 1.25. The molecule has 0 amide bonds. The van der Waals surface area contributed by atoms with Crippen LogP contribution in [0.4, 0.5) is 8.78 Å². The molecule has 0 heterocycles. The van der Waals surface area contributed by atoms with Gasteiger partial charge in [0.05, 0.1) is 13.2 Å². The fourth-order valence-electron chi connectivity index (χ4n) is 1.25. The molecule has 1 rings (SSSR count). The van der Waals surface area contributed by atoms with Crippen LogP contribution in [0.5, 0.6) is 0 Å². The first-order valence-electron chi connectivity index (χ1n) is 4.87. The summed E-state index contributed by atoms with van der Waals surface area (Å²) in [4.78, 5) is 0. The number of hydrogen-bond acceptors (Lipinski definition) is 2. The second-order valence-corrected chi connectivity index (χ2v) is 3.34. The van der Waals surface area contributed by atoms with Crippen molar-refractivity contribution in [3.8, 4) is 0 Å². The van der Waals surface area contributed by atoms with Crippen LogP contribution in [-0.2, 0) is 11.2 Å². The van der Waals surface area contributed by atoms with Crippen LogP contribution >= 0.6 is 0 Å². The molecule has 2 N–H and O–H groups in total. The molecule has 0 aliphatic heterocycles. The lowest BCUT2D eigenvalue weighted by molar-refractivity contribution is 0.144. The van der Waals surface area contributed by atoms with Crippen LogP contribution in [-0.4, -0.2) is 19.8 Å². The number of nitrogens with two attached hydrogens (primary N) is 1. The summed E-state index contributed by atoms with van der Waals surface area (Å²) in [6, 6.07) is 2.42. The van der Waals surface area contributed by atoms with E-state index in [4.69, 9.17) is 10.5 Å². The lowest BCUT2D eigenvalue weighted by Crippen LogP contribution is -2.10. The molecule has 0 aromatic heterocycles. The Bertz CT molecular complexity index is 329. The smallest absolute Gasteiger partial charge is 0.126 e. The van der Waals surface area contributed by atoms with E-state index in [1.807, 2.05) is 0 Å². The van der Waals surface area contributed by atoms with Gasteiger partial charge in [-0.2, -0.15) is 0 Å². The van der Waals surface area contributed by atoms with E-state index in [0.29, 0.717) is 37.3 Å². The van der Waals surface area contributed by atoms with E-state index in [-0.39, 0.29) is 11.6 Å². The van der Waals surface area contributed by atoms with Crippen molar-refractivity contribution in [2.75, 3.05) is 19.8 Å². The van der Waals surface area contributed by atoms with Gasteiger partial charge in [-0.3, -0.25) is 0 Å². The standard InChI is InChI=1S/C11H15F2NO/c1-8-6-11(13)9(7-10(8)12)2-4-15-5-3-14/h6-7H,2-5,14H2,1H3. The molecule has 0 bridgehead atoms. The van der Waals surface area contributed by atoms with Gasteiger partial charge in [0.15, 0.2) is 0 Å². The first-order valence-corrected chi connectivity index (χ1v) is 4.87. The molecule has 84 valence electrons. The van der Waals surface area contributed by atoms with Gasteiger partial charge in [-0.05, 0) is 36.6 Å². The van der Waals surface area contributed by atoms with Gasteiger partial charge in [-0.1, -0.05) is 0 Å². The monoisotopic (exact) mass is 215 g/mol. The van der Waals surface area contributed by atoms with Gasteiger partial charge in [0.25, 0.3) is 0 Å². The molecule has 0 spiro atoms. The average molecular weight is 215 g/mol. The van der Waals surface area contributed by atoms with Gasteiger partial charge in [0.1, 0.15) is 11.6 Å². The molecule has 0 radical (unpaired) electrons. The number of aryl methyl sites for hydroxylation is 1. The summed E-state index contributed by atoms with van der Waals surface area (Å²) >= 11 is 0. The Kier molecular flexibility index (Phi) is 4.65. The van der Waals surface area contributed by atoms with E-state index in [2.05, 4.69) is 0 Å². The quantitative estimate of drug-likeness (QED) is 0.760. The van der Waals surface area contributed by atoms with Crippen LogP contribution in [0.2, 0.25) is 0 Å². The minimum absolute atomic E-state index is 0.319. The highest BCUT2D eigenvalue weighted by atomic mass is 19.1. The molecule has 1 aromatic rings. The molecular formula is C11H15F2NO. The summed E-state index contributed by atoms with van der Waals surface area (Å²) in [5.74, 6) is -0.768. The second kappa shape index (κ2) is 5.78. The SMILES string of the molecule is Cc1cc(F)c(CCOCCN)cc1F. The van der Waals surface area contributed by atoms with E-state index in [1.165, 1.54) is 19.1 Å². The Morgan fingerprint density at radius 1 is 1.20 bits per heavy atom. The van der Waals surface area contributed by atoms with Gasteiger partial charge < -0.3 is 10.5 Å². The van der Waals surface area contributed by atoms with E-state index in [0.717, 1.165) is 0 Å². The summed E-state index contributed by atoms with van der Waals surface area (Å²) in [6.07, 6.45) is 0.364. The van der Waals surface area contributed by atoms with Crippen molar-refractivity contribution < 1.29 is 13.5 Å². The van der Waals surface area contributed by atoms with Crippen molar-refractivity contribution in [2.45, 2.75) is 13.3 Å². The van der Waals surface area contributed by atoms with E-state index >= 15 is 0 Å². The van der Waals surface area contributed by atoms with Crippen LogP contribution in [0.1, 0.15) is 11.1 Å². The minimum atomic E-state index is -0.384. The Hall–Kier alpha value is -1.00. The molecule has 1 aromatic carbocycles. The zero-order valence-electron chi connectivity index (χ0n) is 8.72. The molecule has 0 saturated carbocycles. The maximum absolute atomic E-state index is 13.3. The van der Waals surface area contributed by atoms with Crippen LogP contribution in [0, 0.1) is 18.6 Å². The highest BCUT2D eigenvalue weighted by Crippen LogP contribution is 2.14. The summed E-state index contributed by atoms with van der Waals surface area (Å²) in [5, 5.41) is 0. The normalized spacial score (nSPS) is 10.7. The molecule has 0 aliphatic rings. The molecule has 0 fully saturated rings. The van der Waals surface area contributed by atoms with E-state index in [1.54, 1.807) is 0 Å². The van der Waals surface area contributed by atoms with Crippen LogP contribution in [0.3, 0.4) is 0 Å². The molecule has 0 saturated heterocycles. The van der Waals surface area contributed by atoms with E-state index < -0.39 is 0 Å². The predicted molar refractivity (Wildman–Crippen MR) is 54.7 cm³/mol. The summed E-state index contributed by atoms with van der Waals surface area (Å²) in [6.45, 7) is 2.77. The molecular weight excluding hydrogens is 200 g/mol. The molecule has 15 heavy (non-hydrogen) atoms. The van der Waals surface area contributed by atoms with Gasteiger partial charge >= 0.3 is 0 Å². The van der Waals surface area contributed by atoms with Crippen molar-refractivity contribution in [1.29, 1.82) is 0 Å². The number of rotatable bonds is 5. The molecule has 2 nitrogen and oxygen atoms in total. The maximum atomic E-state index is 13.3. The van der Waals surface area contributed by atoms with Crippen LogP contribution in [0.15, 0.2) is 12.1 Å². The molecule has 4 heteroatoms. The molecule has 0 aliphatic carbocycles. The van der Waals surface area contributed by atoms with Crippen LogP contribution in [0.25, 0.3) is 0 Å². The van der Waals surface area contributed by atoms with Crippen molar-refractivity contribution in [3.63, 3.8) is 0 Å². The lowest BCUT2D eigenvalue weighted by Gasteiger charge is -2.06. The Morgan fingerprint density at radius 3 is 2.60 bits per heavy atom. The van der Waals surface area contributed by atoms with E-state index in [9.17, 15) is 8.78 Å². The minimum Gasteiger partial charge on any atom is -0.380 e. The third-order valence-corrected chi connectivity index (χ3v) is 2.11. The Morgan fingerprint density at radius 2 is 1.93 bits per heavy atom. The Balaban J connectivity index is 2.57. The number of ether oxygens (including phenoxy) is 1. The van der Waals surface area contributed by atoms with Crippen molar-refractivity contribution >= 4 is 0 Å². The van der Waals surface area contributed by atoms with Gasteiger partial charge in [0.2, 0.25) is 0 Å². The van der Waals surface area contributed by atoms with Crippen molar-refractivity contribution in [2.24, 2.45) is 5.73 Å². The van der Waals surface area contributed by atoms with Crippen molar-refractivity contribution in [1.82, 2.24) is 0 Å². The number of hydrogen-bond donors (Lipinski definition) is 1. The predicted octanol–water partition coefficient (Wildman–Crippen LogP) is 1.79. The zero-order chi connectivity index (χ0) is 11.3. The third kappa shape index (κ3) is 3.57. The summed E-state index contributed by atoms with van der Waals surface area (Å²) in [7, 11) is 0. The zero-order valence-corrected chi connectivity index (χ0v) is 8.72.